The predicted octanol–water partition coefficient (Wildman–Crippen LogP) is 4.06. The number of carbonyl (C=O) groups excluding carboxylic acids is 1. The number of amides is 1. The second kappa shape index (κ2) is 8.65. The van der Waals surface area contributed by atoms with Gasteiger partial charge in [0.05, 0.1) is 23.3 Å². The highest BCUT2D eigenvalue weighted by Gasteiger charge is 2.30. The molecule has 1 amide bonds. The first-order valence-electron chi connectivity index (χ1n) is 8.69. The van der Waals surface area contributed by atoms with Crippen LogP contribution in [0.1, 0.15) is 30.4 Å². The molecule has 0 radical (unpaired) electrons. The molecule has 27 heavy (non-hydrogen) atoms. The fraction of sp³-hybridized carbons (Fsp3) is 0.238. The Balaban J connectivity index is 1.91. The van der Waals surface area contributed by atoms with Crippen molar-refractivity contribution in [3.63, 3.8) is 0 Å². The molecule has 0 saturated carbocycles. The van der Waals surface area contributed by atoms with E-state index >= 15 is 0 Å². The molecule has 3 rings (SSSR count). The minimum absolute atomic E-state index is 0.0435. The standard InChI is InChI=1S/C21H20N2O3S/c1-2-26-19-10-15(8-9-18(19)24)16-11-20(25)23-21(17(16)12-22)27-13-14-6-4-3-5-7-14/h3-10,16,24H,2,11,13H2,1H3,(H,23,25)/t16-/m1/s1. The number of phenolic OH excluding ortho intramolecular Hbond substituents is 1. The molecule has 0 bridgehead atoms. The monoisotopic (exact) mass is 380 g/mol. The molecule has 138 valence electrons. The third-order valence-electron chi connectivity index (χ3n) is 4.27. The van der Waals surface area contributed by atoms with E-state index < -0.39 is 0 Å². The lowest BCUT2D eigenvalue weighted by Crippen LogP contribution is -2.30. The van der Waals surface area contributed by atoms with Gasteiger partial charge in [0.1, 0.15) is 0 Å². The molecule has 0 unspecified atom stereocenters. The number of nitrogens with zero attached hydrogens (tertiary/aromatic N) is 1. The van der Waals surface area contributed by atoms with Gasteiger partial charge in [-0.3, -0.25) is 4.79 Å². The van der Waals surface area contributed by atoms with E-state index in [1.54, 1.807) is 18.2 Å². The van der Waals surface area contributed by atoms with Crippen molar-refractivity contribution in [1.82, 2.24) is 5.32 Å². The zero-order valence-corrected chi connectivity index (χ0v) is 15.8. The largest absolute Gasteiger partial charge is 0.504 e. The molecule has 1 atom stereocenters. The molecule has 2 aromatic carbocycles. The van der Waals surface area contributed by atoms with Crippen LogP contribution in [0.3, 0.4) is 0 Å². The molecule has 1 aliphatic rings. The van der Waals surface area contributed by atoms with Crippen molar-refractivity contribution in [1.29, 1.82) is 5.26 Å². The van der Waals surface area contributed by atoms with Gasteiger partial charge in [0.15, 0.2) is 11.5 Å². The van der Waals surface area contributed by atoms with E-state index in [1.807, 2.05) is 37.3 Å². The van der Waals surface area contributed by atoms with Crippen LogP contribution in [0.25, 0.3) is 0 Å². The van der Waals surface area contributed by atoms with E-state index in [0.29, 0.717) is 28.7 Å². The van der Waals surface area contributed by atoms with E-state index in [9.17, 15) is 15.2 Å². The number of rotatable bonds is 6. The molecule has 1 heterocycles. The summed E-state index contributed by atoms with van der Waals surface area (Å²) in [5, 5.41) is 23.1. The van der Waals surface area contributed by atoms with Crippen LogP contribution in [-0.2, 0) is 10.5 Å². The van der Waals surface area contributed by atoms with Crippen molar-refractivity contribution in [2.75, 3.05) is 6.61 Å². The number of aromatic hydroxyl groups is 1. The van der Waals surface area contributed by atoms with Gasteiger partial charge in [0.2, 0.25) is 5.91 Å². The average molecular weight is 380 g/mol. The molecule has 0 spiro atoms. The number of phenols is 1. The van der Waals surface area contributed by atoms with Crippen molar-refractivity contribution >= 4 is 17.7 Å². The summed E-state index contributed by atoms with van der Waals surface area (Å²) in [5.41, 5.74) is 2.43. The molecule has 0 fully saturated rings. The lowest BCUT2D eigenvalue weighted by Gasteiger charge is -2.25. The van der Waals surface area contributed by atoms with Crippen molar-refractivity contribution in [3.05, 3.63) is 70.3 Å². The van der Waals surface area contributed by atoms with Crippen LogP contribution < -0.4 is 10.1 Å². The van der Waals surface area contributed by atoms with Crippen LogP contribution in [0.15, 0.2) is 59.1 Å². The third kappa shape index (κ3) is 4.44. The number of thioether (sulfide) groups is 1. The number of ether oxygens (including phenoxy) is 1. The summed E-state index contributed by atoms with van der Waals surface area (Å²) in [6.45, 7) is 2.25. The topological polar surface area (TPSA) is 82.3 Å². The Bertz CT molecular complexity index is 903. The number of benzene rings is 2. The maximum absolute atomic E-state index is 12.3. The molecular weight excluding hydrogens is 360 g/mol. The van der Waals surface area contributed by atoms with Gasteiger partial charge in [0.25, 0.3) is 0 Å². The zero-order valence-electron chi connectivity index (χ0n) is 14.9. The number of allylic oxidation sites excluding steroid dienone is 1. The van der Waals surface area contributed by atoms with Crippen LogP contribution in [-0.4, -0.2) is 17.6 Å². The summed E-state index contributed by atoms with van der Waals surface area (Å²) < 4.78 is 5.44. The Hall–Kier alpha value is -2.91. The molecule has 0 saturated heterocycles. The van der Waals surface area contributed by atoms with Crippen LogP contribution in [0.4, 0.5) is 0 Å². The number of hydrogen-bond acceptors (Lipinski definition) is 5. The molecule has 2 N–H and O–H groups in total. The average Bonchev–Trinajstić information content (AvgIpc) is 2.68. The van der Waals surface area contributed by atoms with E-state index in [-0.39, 0.29) is 24.0 Å². The van der Waals surface area contributed by atoms with Gasteiger partial charge in [0, 0.05) is 18.1 Å². The van der Waals surface area contributed by atoms with Crippen LogP contribution in [0, 0.1) is 11.3 Å². The summed E-state index contributed by atoms with van der Waals surface area (Å²) in [4.78, 5) is 12.3. The quantitative estimate of drug-likeness (QED) is 0.790. The van der Waals surface area contributed by atoms with Crippen molar-refractivity contribution < 1.29 is 14.6 Å². The summed E-state index contributed by atoms with van der Waals surface area (Å²) in [6.07, 6.45) is 0.189. The summed E-state index contributed by atoms with van der Waals surface area (Å²) in [5.74, 6) is 0.579. The molecule has 6 heteroatoms. The predicted molar refractivity (Wildman–Crippen MR) is 105 cm³/mol. The first-order chi connectivity index (χ1) is 13.1. The van der Waals surface area contributed by atoms with Gasteiger partial charge in [-0.05, 0) is 30.2 Å². The summed E-state index contributed by atoms with van der Waals surface area (Å²) in [6, 6.07) is 17.1. The van der Waals surface area contributed by atoms with E-state index in [4.69, 9.17) is 4.74 Å². The minimum atomic E-state index is -0.359. The Morgan fingerprint density at radius 1 is 1.30 bits per heavy atom. The van der Waals surface area contributed by atoms with Gasteiger partial charge in [-0.15, -0.1) is 11.8 Å². The van der Waals surface area contributed by atoms with E-state index in [0.717, 1.165) is 11.1 Å². The maximum Gasteiger partial charge on any atom is 0.225 e. The smallest absolute Gasteiger partial charge is 0.225 e. The van der Waals surface area contributed by atoms with Crippen LogP contribution >= 0.6 is 11.8 Å². The normalized spacial score (nSPS) is 16.6. The Labute approximate surface area is 162 Å². The van der Waals surface area contributed by atoms with E-state index in [1.165, 1.54) is 11.8 Å². The first-order valence-corrected chi connectivity index (χ1v) is 9.67. The van der Waals surface area contributed by atoms with Crippen molar-refractivity contribution in [3.8, 4) is 17.6 Å². The van der Waals surface area contributed by atoms with Gasteiger partial charge >= 0.3 is 0 Å². The minimum Gasteiger partial charge on any atom is -0.504 e. The van der Waals surface area contributed by atoms with Gasteiger partial charge in [-0.25, -0.2) is 0 Å². The van der Waals surface area contributed by atoms with E-state index in [2.05, 4.69) is 11.4 Å². The lowest BCUT2D eigenvalue weighted by atomic mass is 9.87. The second-order valence-corrected chi connectivity index (χ2v) is 7.08. The van der Waals surface area contributed by atoms with Crippen LogP contribution in [0.5, 0.6) is 11.5 Å². The number of nitrogens with one attached hydrogen (secondary N) is 1. The van der Waals surface area contributed by atoms with Crippen molar-refractivity contribution in [2.45, 2.75) is 25.0 Å². The highest BCUT2D eigenvalue weighted by Crippen LogP contribution is 2.39. The number of hydrogen-bond donors (Lipinski definition) is 2. The fourth-order valence-corrected chi connectivity index (χ4v) is 4.00. The molecule has 0 aromatic heterocycles. The van der Waals surface area contributed by atoms with Crippen LogP contribution in [0.2, 0.25) is 0 Å². The van der Waals surface area contributed by atoms with Gasteiger partial charge < -0.3 is 15.2 Å². The third-order valence-corrected chi connectivity index (χ3v) is 5.36. The summed E-state index contributed by atoms with van der Waals surface area (Å²) >= 11 is 1.45. The Morgan fingerprint density at radius 2 is 2.07 bits per heavy atom. The molecule has 2 aromatic rings. The number of carbonyl (C=O) groups is 1. The highest BCUT2D eigenvalue weighted by atomic mass is 32.2. The molecular formula is C21H20N2O3S. The molecule has 5 nitrogen and oxygen atoms in total. The molecule has 1 aliphatic heterocycles. The van der Waals surface area contributed by atoms with Crippen molar-refractivity contribution in [2.24, 2.45) is 0 Å². The summed E-state index contributed by atoms with van der Waals surface area (Å²) in [7, 11) is 0. The lowest BCUT2D eigenvalue weighted by molar-refractivity contribution is -0.120. The van der Waals surface area contributed by atoms with Gasteiger partial charge in [-0.1, -0.05) is 36.4 Å². The fourth-order valence-electron chi connectivity index (χ4n) is 2.97. The Kier molecular flexibility index (Phi) is 6.05. The zero-order chi connectivity index (χ0) is 19.2. The SMILES string of the molecule is CCOc1cc([C@H]2CC(=O)NC(SCc3ccccc3)=C2C#N)ccc1O. The second-order valence-electron chi connectivity index (χ2n) is 6.09. The molecule has 0 aliphatic carbocycles. The van der Waals surface area contributed by atoms with Gasteiger partial charge in [-0.2, -0.15) is 5.26 Å². The first kappa shape index (κ1) is 18.9. The Morgan fingerprint density at radius 3 is 2.78 bits per heavy atom. The highest BCUT2D eigenvalue weighted by molar-refractivity contribution is 8.02. The number of nitriles is 1. The maximum atomic E-state index is 12.3.